The van der Waals surface area contributed by atoms with Crippen LogP contribution in [-0.2, 0) is 10.0 Å². The number of nitro groups is 1. The van der Waals surface area contributed by atoms with Crippen LogP contribution in [0.1, 0.15) is 0 Å². The van der Waals surface area contributed by atoms with E-state index in [-0.39, 0.29) is 10.6 Å². The van der Waals surface area contributed by atoms with Crippen molar-refractivity contribution in [2.75, 3.05) is 26.2 Å². The zero-order valence-electron chi connectivity index (χ0n) is 15.4. The zero-order chi connectivity index (χ0) is 20.4. The molecule has 0 bridgehead atoms. The van der Waals surface area contributed by atoms with E-state index in [1.54, 1.807) is 0 Å². The third kappa shape index (κ3) is 4.13. The minimum absolute atomic E-state index is 0.0215. The highest BCUT2D eigenvalue weighted by molar-refractivity contribution is 8.00. The molecule has 1 heterocycles. The topological polar surface area (TPSA) is 92.5 Å². The highest BCUT2D eigenvalue weighted by Gasteiger charge is 2.30. The fraction of sp³-hybridized carbons (Fsp3) is 0.200. The van der Waals surface area contributed by atoms with Gasteiger partial charge in [0.05, 0.1) is 4.92 Å². The molecule has 7 nitrogen and oxygen atoms in total. The predicted molar refractivity (Wildman–Crippen MR) is 113 cm³/mol. The van der Waals surface area contributed by atoms with Crippen molar-refractivity contribution < 1.29 is 13.3 Å². The largest absolute Gasteiger partial charge is 0.314 e. The normalized spacial score (nSPS) is 15.4. The molecule has 3 aromatic carbocycles. The van der Waals surface area contributed by atoms with Crippen LogP contribution in [0.3, 0.4) is 0 Å². The van der Waals surface area contributed by atoms with Gasteiger partial charge in [-0.05, 0) is 29.0 Å². The van der Waals surface area contributed by atoms with E-state index in [9.17, 15) is 18.5 Å². The summed E-state index contributed by atoms with van der Waals surface area (Å²) >= 11 is 1.30. The van der Waals surface area contributed by atoms with Gasteiger partial charge in [-0.2, -0.15) is 4.31 Å². The lowest BCUT2D eigenvalue weighted by Gasteiger charge is -2.27. The first-order valence-corrected chi connectivity index (χ1v) is 11.4. The lowest BCUT2D eigenvalue weighted by atomic mass is 10.1. The number of hydrogen-bond acceptors (Lipinski definition) is 6. The van der Waals surface area contributed by atoms with Crippen LogP contribution < -0.4 is 5.32 Å². The fourth-order valence-electron chi connectivity index (χ4n) is 3.28. The smallest absolute Gasteiger partial charge is 0.270 e. The molecule has 1 saturated heterocycles. The number of non-ortho nitro benzene ring substituents is 1. The third-order valence-electron chi connectivity index (χ3n) is 4.78. The number of fused-ring (bicyclic) bond motifs is 1. The second-order valence-electron chi connectivity index (χ2n) is 6.65. The summed E-state index contributed by atoms with van der Waals surface area (Å²) in [4.78, 5) is 12.0. The maximum Gasteiger partial charge on any atom is 0.270 e. The molecule has 0 aromatic heterocycles. The number of nitrogens with zero attached hydrogens (tertiary/aromatic N) is 2. The van der Waals surface area contributed by atoms with Crippen LogP contribution in [0.5, 0.6) is 0 Å². The van der Waals surface area contributed by atoms with Crippen LogP contribution in [0.25, 0.3) is 10.8 Å². The molecule has 0 radical (unpaired) electrons. The van der Waals surface area contributed by atoms with Gasteiger partial charge in [-0.15, -0.1) is 0 Å². The Balaban J connectivity index is 1.76. The Hall–Kier alpha value is -2.46. The van der Waals surface area contributed by atoms with Crippen molar-refractivity contribution in [3.63, 3.8) is 0 Å². The second-order valence-corrected chi connectivity index (χ2v) is 9.67. The van der Waals surface area contributed by atoms with Crippen molar-refractivity contribution in [2.45, 2.75) is 14.7 Å². The Morgan fingerprint density at radius 3 is 2.41 bits per heavy atom. The van der Waals surface area contributed by atoms with Gasteiger partial charge < -0.3 is 5.32 Å². The molecular weight excluding hydrogens is 410 g/mol. The molecule has 29 heavy (non-hydrogen) atoms. The highest BCUT2D eigenvalue weighted by Crippen LogP contribution is 2.37. The van der Waals surface area contributed by atoms with Crippen molar-refractivity contribution in [1.29, 1.82) is 0 Å². The fourth-order valence-corrected chi connectivity index (χ4v) is 6.12. The average Bonchev–Trinajstić information content (AvgIpc) is 2.74. The highest BCUT2D eigenvalue weighted by atomic mass is 32.2. The number of hydrogen-bond donors (Lipinski definition) is 1. The molecule has 9 heteroatoms. The molecule has 0 unspecified atom stereocenters. The molecule has 4 rings (SSSR count). The van der Waals surface area contributed by atoms with E-state index in [1.807, 2.05) is 42.5 Å². The number of piperazine rings is 1. The lowest BCUT2D eigenvalue weighted by Crippen LogP contribution is -2.46. The van der Waals surface area contributed by atoms with Crippen LogP contribution in [0.2, 0.25) is 0 Å². The van der Waals surface area contributed by atoms with E-state index in [0.29, 0.717) is 31.1 Å². The molecule has 1 fully saturated rings. The summed E-state index contributed by atoms with van der Waals surface area (Å²) in [6.45, 7) is 1.79. The summed E-state index contributed by atoms with van der Waals surface area (Å²) in [7, 11) is -3.84. The van der Waals surface area contributed by atoms with Crippen molar-refractivity contribution in [3.8, 4) is 0 Å². The summed E-state index contributed by atoms with van der Waals surface area (Å²) < 4.78 is 27.9. The second kappa shape index (κ2) is 8.11. The van der Waals surface area contributed by atoms with Gasteiger partial charge in [-0.3, -0.25) is 10.1 Å². The predicted octanol–water partition coefficient (Wildman–Crippen LogP) is 3.49. The van der Waals surface area contributed by atoms with E-state index in [4.69, 9.17) is 0 Å². The summed E-state index contributed by atoms with van der Waals surface area (Å²) in [5, 5.41) is 16.5. The maximum absolute atomic E-state index is 13.2. The molecule has 0 atom stereocenters. The van der Waals surface area contributed by atoms with E-state index in [2.05, 4.69) is 5.32 Å². The average molecular weight is 430 g/mol. The first kappa shape index (κ1) is 19.8. The number of rotatable bonds is 5. The summed E-state index contributed by atoms with van der Waals surface area (Å²) in [5.41, 5.74) is -0.235. The van der Waals surface area contributed by atoms with E-state index < -0.39 is 14.9 Å². The number of nitro benzene ring substituents is 1. The van der Waals surface area contributed by atoms with Gasteiger partial charge in [0.1, 0.15) is 4.90 Å². The van der Waals surface area contributed by atoms with Crippen LogP contribution in [0.4, 0.5) is 5.69 Å². The van der Waals surface area contributed by atoms with Crippen molar-refractivity contribution >= 4 is 38.2 Å². The summed E-state index contributed by atoms with van der Waals surface area (Å²) in [5.74, 6) is 0. The monoisotopic (exact) mass is 429 g/mol. The van der Waals surface area contributed by atoms with Crippen LogP contribution in [0, 0.1) is 10.1 Å². The summed E-state index contributed by atoms with van der Waals surface area (Å²) in [6.07, 6.45) is 0. The maximum atomic E-state index is 13.2. The SMILES string of the molecule is O=[N+]([O-])c1ccc(Sc2ccc3ccccc3c2)c(S(=O)(=O)N2CCNCC2)c1. The molecule has 0 aliphatic carbocycles. The first-order valence-electron chi connectivity index (χ1n) is 9.11. The van der Waals surface area contributed by atoms with E-state index in [1.165, 1.54) is 34.3 Å². The van der Waals surface area contributed by atoms with E-state index in [0.717, 1.165) is 15.7 Å². The Kier molecular flexibility index (Phi) is 5.55. The van der Waals surface area contributed by atoms with Gasteiger partial charge in [-0.1, -0.05) is 42.1 Å². The summed E-state index contributed by atoms with van der Waals surface area (Å²) in [6, 6.07) is 17.8. The minimum atomic E-state index is -3.84. The van der Waals surface area contributed by atoms with Crippen molar-refractivity contribution in [2.24, 2.45) is 0 Å². The van der Waals surface area contributed by atoms with Crippen LogP contribution in [0.15, 0.2) is 75.4 Å². The molecule has 1 aliphatic heterocycles. The molecule has 0 saturated carbocycles. The van der Waals surface area contributed by atoms with Gasteiger partial charge in [-0.25, -0.2) is 8.42 Å². The molecule has 150 valence electrons. The lowest BCUT2D eigenvalue weighted by molar-refractivity contribution is -0.385. The molecular formula is C20H19N3O4S2. The molecule has 0 amide bonds. The van der Waals surface area contributed by atoms with Crippen molar-refractivity contribution in [1.82, 2.24) is 9.62 Å². The van der Waals surface area contributed by atoms with Crippen molar-refractivity contribution in [3.05, 3.63) is 70.8 Å². The van der Waals surface area contributed by atoms with Gasteiger partial charge in [0, 0.05) is 48.1 Å². The van der Waals surface area contributed by atoms with Gasteiger partial charge in [0.2, 0.25) is 10.0 Å². The van der Waals surface area contributed by atoms with E-state index >= 15 is 0 Å². The Morgan fingerprint density at radius 2 is 1.69 bits per heavy atom. The molecule has 3 aromatic rings. The number of sulfonamides is 1. The Labute approximate surface area is 172 Å². The van der Waals surface area contributed by atoms with Gasteiger partial charge in [0.25, 0.3) is 5.69 Å². The minimum Gasteiger partial charge on any atom is -0.314 e. The van der Waals surface area contributed by atoms with Gasteiger partial charge in [0.15, 0.2) is 0 Å². The van der Waals surface area contributed by atoms with Crippen LogP contribution >= 0.6 is 11.8 Å². The Bertz CT molecular complexity index is 1180. The standard InChI is InChI=1S/C20H19N3O4S2/c24-23(25)17-6-8-19(20(14-17)29(26,27)22-11-9-21-10-12-22)28-18-7-5-15-3-1-2-4-16(15)13-18/h1-8,13-14,21H,9-12H2. The molecule has 0 spiro atoms. The van der Waals surface area contributed by atoms with Crippen LogP contribution in [-0.4, -0.2) is 43.8 Å². The molecule has 1 N–H and O–H groups in total. The van der Waals surface area contributed by atoms with Gasteiger partial charge >= 0.3 is 0 Å². The number of benzene rings is 3. The Morgan fingerprint density at radius 1 is 0.966 bits per heavy atom. The number of nitrogens with one attached hydrogen (secondary N) is 1. The third-order valence-corrected chi connectivity index (χ3v) is 7.91. The molecule has 1 aliphatic rings. The first-order chi connectivity index (χ1) is 13.9. The quantitative estimate of drug-likeness (QED) is 0.493. The zero-order valence-corrected chi connectivity index (χ0v) is 17.1.